The summed E-state index contributed by atoms with van der Waals surface area (Å²) in [6.45, 7) is 5.99. The lowest BCUT2D eigenvalue weighted by Gasteiger charge is -2.29. The normalized spacial score (nSPS) is 21.7. The summed E-state index contributed by atoms with van der Waals surface area (Å²) in [7, 11) is 1.38. The molecule has 23 heavy (non-hydrogen) atoms. The van der Waals surface area contributed by atoms with E-state index in [4.69, 9.17) is 4.74 Å². The van der Waals surface area contributed by atoms with Crippen molar-refractivity contribution in [1.29, 1.82) is 0 Å². The Bertz CT molecular complexity index is 427. The Morgan fingerprint density at radius 2 is 2.00 bits per heavy atom. The van der Waals surface area contributed by atoms with Gasteiger partial charge in [0.2, 0.25) is 0 Å². The molecule has 6 nitrogen and oxygen atoms in total. The summed E-state index contributed by atoms with van der Waals surface area (Å²) >= 11 is 0. The van der Waals surface area contributed by atoms with Gasteiger partial charge in [0.1, 0.15) is 5.60 Å². The molecule has 0 radical (unpaired) electrons. The number of aliphatic hydroxyl groups excluding tert-OH is 1. The molecule has 0 saturated carbocycles. The number of carbonyl (C=O) groups is 2. The molecule has 1 aliphatic heterocycles. The van der Waals surface area contributed by atoms with E-state index in [1.165, 1.54) is 7.11 Å². The number of esters is 1. The van der Waals surface area contributed by atoms with E-state index in [-0.39, 0.29) is 18.1 Å². The summed E-state index contributed by atoms with van der Waals surface area (Å²) in [5.41, 5.74) is -0.543. The quantitative estimate of drug-likeness (QED) is 0.461. The van der Waals surface area contributed by atoms with Crippen molar-refractivity contribution in [1.82, 2.24) is 4.90 Å². The molecule has 0 spiro atoms. The second kappa shape index (κ2) is 8.91. The van der Waals surface area contributed by atoms with Crippen LogP contribution in [0.4, 0.5) is 4.79 Å². The number of unbranched alkanes of at least 4 members (excludes halogenated alkanes) is 1. The molecule has 1 rings (SSSR count). The molecule has 0 aliphatic carbocycles. The van der Waals surface area contributed by atoms with E-state index in [1.807, 2.05) is 32.9 Å². The monoisotopic (exact) mass is 327 g/mol. The van der Waals surface area contributed by atoms with Crippen molar-refractivity contribution in [2.45, 2.75) is 70.6 Å². The van der Waals surface area contributed by atoms with Gasteiger partial charge in [0, 0.05) is 13.0 Å². The van der Waals surface area contributed by atoms with E-state index in [0.29, 0.717) is 25.8 Å². The number of rotatable bonds is 6. The highest BCUT2D eigenvalue weighted by molar-refractivity contribution is 5.69. The van der Waals surface area contributed by atoms with Gasteiger partial charge in [-0.1, -0.05) is 12.2 Å². The lowest BCUT2D eigenvalue weighted by molar-refractivity contribution is -0.140. The van der Waals surface area contributed by atoms with E-state index in [2.05, 4.69) is 4.74 Å². The molecule has 1 fully saturated rings. The van der Waals surface area contributed by atoms with Gasteiger partial charge in [-0.2, -0.15) is 0 Å². The van der Waals surface area contributed by atoms with E-state index in [0.717, 1.165) is 12.8 Å². The van der Waals surface area contributed by atoms with Crippen LogP contribution in [0.25, 0.3) is 0 Å². The van der Waals surface area contributed by atoms with E-state index < -0.39 is 11.7 Å². The molecule has 132 valence electrons. The largest absolute Gasteiger partial charge is 0.469 e. The highest BCUT2D eigenvalue weighted by Crippen LogP contribution is 2.24. The molecule has 1 heterocycles. The molecule has 0 aromatic heterocycles. The number of hydrogen-bond acceptors (Lipinski definition) is 5. The standard InChI is InChI=1S/C17H29NO5/c1-17(2,3)23-16(21)18-12-11-14(19)13(18)9-7-5-6-8-10-15(20)22-4/h5,7,13-14,19H,6,8-12H2,1-4H3/b7-5-/t13-,14?/m1/s1. The Hall–Kier alpha value is -1.56. The Kier molecular flexibility index (Phi) is 7.55. The predicted octanol–water partition coefficient (Wildman–Crippen LogP) is 2.65. The third-order valence-corrected chi connectivity index (χ3v) is 3.66. The van der Waals surface area contributed by atoms with Gasteiger partial charge < -0.3 is 19.5 Å². The Balaban J connectivity index is 2.43. The minimum absolute atomic E-state index is 0.208. The molecular weight excluding hydrogens is 298 g/mol. The zero-order chi connectivity index (χ0) is 17.5. The fourth-order valence-electron chi connectivity index (χ4n) is 2.49. The summed E-state index contributed by atoms with van der Waals surface area (Å²) in [5, 5.41) is 10.1. The van der Waals surface area contributed by atoms with Crippen molar-refractivity contribution < 1.29 is 24.2 Å². The number of aliphatic hydroxyl groups is 1. The van der Waals surface area contributed by atoms with Crippen LogP contribution in [0.1, 0.15) is 52.9 Å². The van der Waals surface area contributed by atoms with E-state index >= 15 is 0 Å². The first-order valence-electron chi connectivity index (χ1n) is 8.14. The Labute approximate surface area is 138 Å². The maximum atomic E-state index is 12.2. The number of allylic oxidation sites excluding steroid dienone is 1. The number of amides is 1. The lowest BCUT2D eigenvalue weighted by atomic mass is 10.1. The zero-order valence-corrected chi connectivity index (χ0v) is 14.6. The van der Waals surface area contributed by atoms with Crippen LogP contribution in [-0.2, 0) is 14.3 Å². The maximum Gasteiger partial charge on any atom is 0.410 e. The smallest absolute Gasteiger partial charge is 0.410 e. The topological polar surface area (TPSA) is 76.1 Å². The number of methoxy groups -OCH3 is 1. The number of carbonyl (C=O) groups excluding carboxylic acids is 2. The van der Waals surface area contributed by atoms with Crippen LogP contribution in [0.2, 0.25) is 0 Å². The number of hydrogen-bond donors (Lipinski definition) is 1. The van der Waals surface area contributed by atoms with Gasteiger partial charge in [0.15, 0.2) is 0 Å². The summed E-state index contributed by atoms with van der Waals surface area (Å²) in [6, 6.07) is -0.248. The van der Waals surface area contributed by atoms with Crippen LogP contribution in [-0.4, -0.2) is 53.5 Å². The molecular formula is C17H29NO5. The van der Waals surface area contributed by atoms with Crippen molar-refractivity contribution in [3.05, 3.63) is 12.2 Å². The second-order valence-corrected chi connectivity index (χ2v) is 6.77. The Morgan fingerprint density at radius 3 is 2.61 bits per heavy atom. The third kappa shape index (κ3) is 7.03. The highest BCUT2D eigenvalue weighted by Gasteiger charge is 2.37. The van der Waals surface area contributed by atoms with Gasteiger partial charge in [-0.05, 0) is 46.5 Å². The van der Waals surface area contributed by atoms with E-state index in [9.17, 15) is 14.7 Å². The third-order valence-electron chi connectivity index (χ3n) is 3.66. The first-order chi connectivity index (χ1) is 10.7. The molecule has 0 bridgehead atoms. The van der Waals surface area contributed by atoms with Crippen molar-refractivity contribution in [3.8, 4) is 0 Å². The molecule has 6 heteroatoms. The summed E-state index contributed by atoms with van der Waals surface area (Å²) in [6.07, 6.45) is 6.07. The van der Waals surface area contributed by atoms with Crippen LogP contribution in [0, 0.1) is 0 Å². The molecule has 1 N–H and O–H groups in total. The summed E-state index contributed by atoms with van der Waals surface area (Å²) in [4.78, 5) is 24.8. The summed E-state index contributed by atoms with van der Waals surface area (Å²) < 4.78 is 9.96. The average molecular weight is 327 g/mol. The van der Waals surface area contributed by atoms with Crippen molar-refractivity contribution in [2.75, 3.05) is 13.7 Å². The van der Waals surface area contributed by atoms with Crippen molar-refractivity contribution >= 4 is 12.1 Å². The van der Waals surface area contributed by atoms with Crippen LogP contribution in [0.15, 0.2) is 12.2 Å². The van der Waals surface area contributed by atoms with Gasteiger partial charge in [-0.15, -0.1) is 0 Å². The van der Waals surface area contributed by atoms with Crippen LogP contribution < -0.4 is 0 Å². The fourth-order valence-corrected chi connectivity index (χ4v) is 2.49. The minimum Gasteiger partial charge on any atom is -0.469 e. The lowest BCUT2D eigenvalue weighted by Crippen LogP contribution is -2.42. The molecule has 0 aromatic carbocycles. The van der Waals surface area contributed by atoms with Crippen molar-refractivity contribution in [2.24, 2.45) is 0 Å². The van der Waals surface area contributed by atoms with Crippen LogP contribution in [0.5, 0.6) is 0 Å². The van der Waals surface area contributed by atoms with Gasteiger partial charge in [-0.3, -0.25) is 4.79 Å². The minimum atomic E-state index is -0.543. The molecule has 1 saturated heterocycles. The summed E-state index contributed by atoms with van der Waals surface area (Å²) in [5.74, 6) is -0.208. The maximum absolute atomic E-state index is 12.2. The number of ether oxygens (including phenoxy) is 2. The second-order valence-electron chi connectivity index (χ2n) is 6.77. The molecule has 0 aromatic rings. The predicted molar refractivity (Wildman–Crippen MR) is 87.0 cm³/mol. The first kappa shape index (κ1) is 19.5. The van der Waals surface area contributed by atoms with Gasteiger partial charge in [-0.25, -0.2) is 4.79 Å². The van der Waals surface area contributed by atoms with E-state index in [1.54, 1.807) is 4.90 Å². The number of nitrogens with zero attached hydrogens (tertiary/aromatic N) is 1. The SMILES string of the molecule is COC(=O)CCC/C=C\C[C@@H]1C(O)CCN1C(=O)OC(C)(C)C. The van der Waals surface area contributed by atoms with Crippen molar-refractivity contribution in [3.63, 3.8) is 0 Å². The molecule has 2 atom stereocenters. The van der Waals surface area contributed by atoms with Crippen LogP contribution >= 0.6 is 0 Å². The van der Waals surface area contributed by atoms with Gasteiger partial charge in [0.05, 0.1) is 19.3 Å². The average Bonchev–Trinajstić information content (AvgIpc) is 2.82. The zero-order valence-electron chi connectivity index (χ0n) is 14.6. The Morgan fingerprint density at radius 1 is 1.30 bits per heavy atom. The highest BCUT2D eigenvalue weighted by atomic mass is 16.6. The number of likely N-dealkylation sites (tertiary alicyclic amines) is 1. The fraction of sp³-hybridized carbons (Fsp3) is 0.765. The first-order valence-corrected chi connectivity index (χ1v) is 8.14. The van der Waals surface area contributed by atoms with Gasteiger partial charge in [0.25, 0.3) is 0 Å². The molecule has 1 unspecified atom stereocenters. The van der Waals surface area contributed by atoms with Crippen LogP contribution in [0.3, 0.4) is 0 Å². The molecule has 1 aliphatic rings. The van der Waals surface area contributed by atoms with Gasteiger partial charge >= 0.3 is 12.1 Å². The molecule has 1 amide bonds.